The third-order valence-corrected chi connectivity index (χ3v) is 10.7. The van der Waals surface area contributed by atoms with Gasteiger partial charge in [0, 0.05) is 66.3 Å². The van der Waals surface area contributed by atoms with Crippen LogP contribution in [0.25, 0.3) is 10.9 Å². The Labute approximate surface area is 299 Å². The van der Waals surface area contributed by atoms with E-state index in [0.717, 1.165) is 6.07 Å². The second-order valence-corrected chi connectivity index (χ2v) is 14.0. The molecule has 2 saturated heterocycles. The third kappa shape index (κ3) is 6.42. The number of aryl methyl sites for hydroxylation is 1. The predicted octanol–water partition coefficient (Wildman–Crippen LogP) is 3.28. The highest BCUT2D eigenvalue weighted by Crippen LogP contribution is 2.35. The van der Waals surface area contributed by atoms with E-state index < -0.39 is 46.0 Å². The minimum Gasteiger partial charge on any atom is -0.477 e. The first kappa shape index (κ1) is 34.8. The molecule has 0 spiro atoms. The van der Waals surface area contributed by atoms with Crippen molar-refractivity contribution in [2.45, 2.75) is 38.1 Å². The largest absolute Gasteiger partial charge is 0.477 e. The van der Waals surface area contributed by atoms with Gasteiger partial charge in [0.2, 0.25) is 5.43 Å². The molecule has 2 aromatic heterocycles. The number of anilines is 2. The fraction of sp³-hybridized carbons (Fsp3) is 0.353. The van der Waals surface area contributed by atoms with Crippen LogP contribution >= 0.6 is 23.4 Å². The van der Waals surface area contributed by atoms with E-state index in [0.29, 0.717) is 59.4 Å². The first-order chi connectivity index (χ1) is 24.5. The summed E-state index contributed by atoms with van der Waals surface area (Å²) in [6, 6.07) is 9.15. The van der Waals surface area contributed by atoms with Crippen LogP contribution in [-0.2, 0) is 16.1 Å². The minimum atomic E-state index is -1.37. The number of hydrogen-bond acceptors (Lipinski definition) is 11. The second kappa shape index (κ2) is 13.8. The highest BCUT2D eigenvalue weighted by molar-refractivity contribution is 8.00. The Balaban J connectivity index is 1.11. The van der Waals surface area contributed by atoms with Gasteiger partial charge < -0.3 is 24.4 Å². The molecule has 2 aromatic carbocycles. The molecule has 2 N–H and O–H groups in total. The van der Waals surface area contributed by atoms with Crippen molar-refractivity contribution in [2.24, 2.45) is 4.99 Å². The summed E-state index contributed by atoms with van der Waals surface area (Å²) in [5.74, 6) is -1.87. The Hall–Kier alpha value is -4.61. The lowest BCUT2D eigenvalue weighted by atomic mass is 10.1. The van der Waals surface area contributed by atoms with Crippen LogP contribution in [0.1, 0.15) is 36.0 Å². The lowest BCUT2D eigenvalue weighted by Gasteiger charge is -2.42. The van der Waals surface area contributed by atoms with E-state index in [1.54, 1.807) is 33.7 Å². The number of aromatic carboxylic acids is 1. The number of carbonyl (C=O) groups excluding carboxylic acids is 1. The molecule has 3 atom stereocenters. The van der Waals surface area contributed by atoms with Gasteiger partial charge in [-0.1, -0.05) is 11.6 Å². The maximum absolute atomic E-state index is 15.6. The molecular weight excluding hydrogens is 705 g/mol. The van der Waals surface area contributed by atoms with Crippen LogP contribution in [0.15, 0.2) is 63.4 Å². The number of ether oxygens (including phenoxy) is 1. The van der Waals surface area contributed by atoms with Gasteiger partial charge in [0.15, 0.2) is 5.82 Å². The average molecular weight is 738 g/mol. The van der Waals surface area contributed by atoms with Crippen molar-refractivity contribution in [3.63, 3.8) is 0 Å². The molecule has 5 heterocycles. The Morgan fingerprint density at radius 1 is 1.16 bits per heavy atom. The summed E-state index contributed by atoms with van der Waals surface area (Å²) in [6.45, 7) is 5.48. The van der Waals surface area contributed by atoms with E-state index >= 15 is 4.39 Å². The van der Waals surface area contributed by atoms with Crippen molar-refractivity contribution >= 4 is 69.0 Å². The number of carboxylic acid groups (broad SMARTS) is 1. The number of rotatable bonds is 8. The molecule has 3 aliphatic rings. The van der Waals surface area contributed by atoms with Crippen molar-refractivity contribution in [3.05, 3.63) is 91.5 Å². The van der Waals surface area contributed by atoms with Gasteiger partial charge in [0.1, 0.15) is 28.8 Å². The van der Waals surface area contributed by atoms with Crippen molar-refractivity contribution in [2.75, 3.05) is 48.5 Å². The SMILES string of the molecule is CCn1cc(C(=O)O)c(=O)c2cc(F)c(N3CCN(CN4C(=O)C(=Nc5ccn([C@H]6CS[C@@H](CO)O6)c(=O)n5)c5cc(Cl)ccc54)C(C)C3)cc21. The zero-order valence-electron chi connectivity index (χ0n) is 27.5. The highest BCUT2D eigenvalue weighted by atomic mass is 35.5. The van der Waals surface area contributed by atoms with Crippen molar-refractivity contribution in [1.82, 2.24) is 19.0 Å². The second-order valence-electron chi connectivity index (χ2n) is 12.4. The van der Waals surface area contributed by atoms with Crippen molar-refractivity contribution in [1.29, 1.82) is 0 Å². The Morgan fingerprint density at radius 2 is 1.96 bits per heavy atom. The molecule has 0 bridgehead atoms. The molecule has 7 rings (SSSR count). The molecule has 266 valence electrons. The summed E-state index contributed by atoms with van der Waals surface area (Å²) in [5.41, 5.74) is -0.262. The maximum Gasteiger partial charge on any atom is 0.351 e. The van der Waals surface area contributed by atoms with E-state index in [9.17, 15) is 29.4 Å². The quantitative estimate of drug-likeness (QED) is 0.273. The van der Waals surface area contributed by atoms with Gasteiger partial charge in [0.25, 0.3) is 5.91 Å². The molecule has 4 aromatic rings. The summed E-state index contributed by atoms with van der Waals surface area (Å²) in [7, 11) is 0. The number of aliphatic hydroxyl groups excluding tert-OH is 1. The van der Waals surface area contributed by atoms with E-state index in [1.807, 2.05) is 18.7 Å². The number of aliphatic imine (C=N–C) groups is 1. The summed E-state index contributed by atoms with van der Waals surface area (Å²) in [4.78, 5) is 65.4. The lowest BCUT2D eigenvalue weighted by molar-refractivity contribution is -0.112. The standard InChI is InChI=1S/C34H33ClFN7O7S/c1-3-39-14-22(33(47)48)31(45)21-11-23(36)26(12-25(21)39)40-8-9-41(18(2)13-40)17-43-24-5-4-19(35)10-20(24)30(32(43)46)37-27-6-7-42(34(49)38-27)28-16-51-29(15-44)50-28/h4-7,10-12,14,18,28-29,44H,3,8-9,13,15-17H2,1-2H3,(H,47,48)/t18?,28-,29+/m1/s1. The number of pyridine rings is 1. The van der Waals surface area contributed by atoms with Crippen LogP contribution in [0.2, 0.25) is 5.02 Å². The number of hydrogen-bond donors (Lipinski definition) is 2. The van der Waals surface area contributed by atoms with Crippen LogP contribution in [0, 0.1) is 5.82 Å². The molecule has 3 aliphatic heterocycles. The van der Waals surface area contributed by atoms with Crippen LogP contribution < -0.4 is 20.9 Å². The number of piperazine rings is 1. The fourth-order valence-corrected chi connectivity index (χ4v) is 7.78. The number of amides is 1. The molecule has 1 amide bonds. The van der Waals surface area contributed by atoms with Crippen LogP contribution in [0.5, 0.6) is 0 Å². The summed E-state index contributed by atoms with van der Waals surface area (Å²) in [6.07, 6.45) is 2.21. The van der Waals surface area contributed by atoms with Gasteiger partial charge in [-0.3, -0.25) is 24.0 Å². The first-order valence-corrected chi connectivity index (χ1v) is 17.7. The molecule has 0 saturated carbocycles. The Bertz CT molecular complexity index is 2230. The molecule has 51 heavy (non-hydrogen) atoms. The molecule has 1 unspecified atom stereocenters. The number of aromatic nitrogens is 3. The van der Waals surface area contributed by atoms with Crippen LogP contribution in [0.3, 0.4) is 0 Å². The smallest absolute Gasteiger partial charge is 0.351 e. The Kier molecular flexibility index (Phi) is 9.45. The normalized spacial score (nSPS) is 21.6. The summed E-state index contributed by atoms with van der Waals surface area (Å²) >= 11 is 7.73. The van der Waals surface area contributed by atoms with Gasteiger partial charge in [-0.05, 0) is 50.2 Å². The van der Waals surface area contributed by atoms with Gasteiger partial charge in [-0.25, -0.2) is 19.0 Å². The molecule has 0 aliphatic carbocycles. The Morgan fingerprint density at radius 3 is 2.65 bits per heavy atom. The number of halogens is 2. The lowest BCUT2D eigenvalue weighted by Crippen LogP contribution is -2.55. The average Bonchev–Trinajstić information content (AvgIpc) is 3.68. The van der Waals surface area contributed by atoms with Gasteiger partial charge >= 0.3 is 11.7 Å². The molecule has 14 nitrogen and oxygen atoms in total. The number of benzene rings is 2. The number of nitrogens with zero attached hydrogens (tertiary/aromatic N) is 7. The monoisotopic (exact) mass is 737 g/mol. The van der Waals surface area contributed by atoms with Gasteiger partial charge in [0.05, 0.1) is 30.2 Å². The number of carbonyl (C=O) groups is 2. The highest BCUT2D eigenvalue weighted by Gasteiger charge is 2.37. The number of thioether (sulfide) groups is 1. The maximum atomic E-state index is 15.6. The molecule has 17 heteroatoms. The predicted molar refractivity (Wildman–Crippen MR) is 191 cm³/mol. The molecular formula is C34H33ClFN7O7S. The number of aliphatic hydroxyl groups is 1. The molecule has 0 radical (unpaired) electrons. The summed E-state index contributed by atoms with van der Waals surface area (Å²) in [5, 5.41) is 19.2. The van der Waals surface area contributed by atoms with E-state index in [2.05, 4.69) is 14.9 Å². The van der Waals surface area contributed by atoms with Crippen LogP contribution in [0.4, 0.5) is 21.6 Å². The molecule has 2 fully saturated rings. The van der Waals surface area contributed by atoms with E-state index in [4.69, 9.17) is 16.3 Å². The van der Waals surface area contributed by atoms with E-state index in [-0.39, 0.29) is 36.2 Å². The van der Waals surface area contributed by atoms with Crippen molar-refractivity contribution < 1.29 is 28.9 Å². The van der Waals surface area contributed by atoms with Gasteiger partial charge in [-0.2, -0.15) is 4.98 Å². The number of carboxylic acids is 1. The number of fused-ring (bicyclic) bond motifs is 2. The van der Waals surface area contributed by atoms with Gasteiger partial charge in [-0.15, -0.1) is 11.8 Å². The minimum absolute atomic E-state index is 0.00274. The third-order valence-electron chi connectivity index (χ3n) is 9.34. The first-order valence-electron chi connectivity index (χ1n) is 16.2. The van der Waals surface area contributed by atoms with Crippen LogP contribution in [-0.4, -0.2) is 97.0 Å². The topological polar surface area (TPSA) is 163 Å². The summed E-state index contributed by atoms with van der Waals surface area (Å²) < 4.78 is 24.2. The zero-order chi connectivity index (χ0) is 36.1. The van der Waals surface area contributed by atoms with E-state index in [1.165, 1.54) is 34.8 Å². The van der Waals surface area contributed by atoms with Crippen molar-refractivity contribution in [3.8, 4) is 0 Å². The zero-order valence-corrected chi connectivity index (χ0v) is 29.1. The fourth-order valence-electron chi connectivity index (χ4n) is 6.68.